The van der Waals surface area contributed by atoms with Gasteiger partial charge < -0.3 is 15.0 Å². The van der Waals surface area contributed by atoms with Gasteiger partial charge in [-0.2, -0.15) is 0 Å². The zero-order chi connectivity index (χ0) is 16.9. The first kappa shape index (κ1) is 16.8. The summed E-state index contributed by atoms with van der Waals surface area (Å²) in [7, 11) is 0. The predicted octanol–water partition coefficient (Wildman–Crippen LogP) is 3.35. The van der Waals surface area contributed by atoms with Gasteiger partial charge in [0.1, 0.15) is 12.4 Å². The Morgan fingerprint density at radius 2 is 2.00 bits per heavy atom. The van der Waals surface area contributed by atoms with Crippen molar-refractivity contribution in [1.82, 2.24) is 10.2 Å². The van der Waals surface area contributed by atoms with E-state index < -0.39 is 0 Å². The molecule has 4 nitrogen and oxygen atoms in total. The molecule has 1 saturated heterocycles. The fraction of sp³-hybridized carbons (Fsp3) is 0.316. The Hall–Kier alpha value is -2.04. The summed E-state index contributed by atoms with van der Waals surface area (Å²) in [4.78, 5) is 14.7. The van der Waals surface area contributed by atoms with Crippen LogP contribution in [0.3, 0.4) is 0 Å². The lowest BCUT2D eigenvalue weighted by Crippen LogP contribution is -2.51. The van der Waals surface area contributed by atoms with Crippen LogP contribution in [0.4, 0.5) is 0 Å². The molecule has 0 saturated carbocycles. The SMILES string of the molecule is CC1CN(C(=O)c2ccccc2OCc2ccc(Cl)cc2)CCN1. The number of amides is 1. The van der Waals surface area contributed by atoms with Gasteiger partial charge in [0.2, 0.25) is 0 Å². The standard InChI is InChI=1S/C19H21ClN2O2/c1-14-12-22(11-10-21-14)19(23)17-4-2-3-5-18(17)24-13-15-6-8-16(20)9-7-15/h2-9,14,21H,10-13H2,1H3. The first-order chi connectivity index (χ1) is 11.6. The molecule has 0 aliphatic carbocycles. The quantitative estimate of drug-likeness (QED) is 0.924. The summed E-state index contributed by atoms with van der Waals surface area (Å²) in [6.07, 6.45) is 0. The highest BCUT2D eigenvalue weighted by molar-refractivity contribution is 6.30. The number of halogens is 1. The van der Waals surface area contributed by atoms with Crippen molar-refractivity contribution in [2.24, 2.45) is 0 Å². The maximum absolute atomic E-state index is 12.8. The minimum atomic E-state index is 0.0232. The van der Waals surface area contributed by atoms with Gasteiger partial charge in [-0.3, -0.25) is 4.79 Å². The highest BCUT2D eigenvalue weighted by Crippen LogP contribution is 2.22. The monoisotopic (exact) mass is 344 g/mol. The number of nitrogens with one attached hydrogen (secondary N) is 1. The summed E-state index contributed by atoms with van der Waals surface area (Å²) in [5, 5.41) is 4.04. The van der Waals surface area contributed by atoms with Crippen molar-refractivity contribution in [3.05, 3.63) is 64.7 Å². The number of rotatable bonds is 4. The van der Waals surface area contributed by atoms with Crippen molar-refractivity contribution >= 4 is 17.5 Å². The smallest absolute Gasteiger partial charge is 0.257 e. The average molecular weight is 345 g/mol. The van der Waals surface area contributed by atoms with Crippen LogP contribution in [0.25, 0.3) is 0 Å². The number of piperazine rings is 1. The molecule has 0 aromatic heterocycles. The highest BCUT2D eigenvalue weighted by Gasteiger charge is 2.23. The predicted molar refractivity (Wildman–Crippen MR) is 95.6 cm³/mol. The van der Waals surface area contributed by atoms with E-state index in [1.807, 2.05) is 53.4 Å². The van der Waals surface area contributed by atoms with Crippen LogP contribution in [0.5, 0.6) is 5.75 Å². The molecule has 1 atom stereocenters. The van der Waals surface area contributed by atoms with Crippen LogP contribution in [-0.4, -0.2) is 36.5 Å². The van der Waals surface area contributed by atoms with Crippen molar-refractivity contribution < 1.29 is 9.53 Å². The summed E-state index contributed by atoms with van der Waals surface area (Å²) in [5.41, 5.74) is 1.62. The molecule has 3 rings (SSSR count). The van der Waals surface area contributed by atoms with Gasteiger partial charge in [0.05, 0.1) is 5.56 Å². The number of carbonyl (C=O) groups excluding carboxylic acids is 1. The van der Waals surface area contributed by atoms with Gasteiger partial charge in [0, 0.05) is 30.7 Å². The third-order valence-electron chi connectivity index (χ3n) is 4.08. The molecule has 2 aromatic rings. The fourth-order valence-corrected chi connectivity index (χ4v) is 2.92. The van der Waals surface area contributed by atoms with Gasteiger partial charge in [-0.25, -0.2) is 0 Å². The Labute approximate surface area is 147 Å². The van der Waals surface area contributed by atoms with E-state index in [0.29, 0.717) is 42.1 Å². The Morgan fingerprint density at radius 3 is 2.75 bits per heavy atom. The summed E-state index contributed by atoms with van der Waals surface area (Å²) < 4.78 is 5.90. The molecule has 126 valence electrons. The molecular weight excluding hydrogens is 324 g/mol. The van der Waals surface area contributed by atoms with E-state index in [4.69, 9.17) is 16.3 Å². The Kier molecular flexibility index (Phi) is 5.38. The van der Waals surface area contributed by atoms with Gasteiger partial charge in [-0.15, -0.1) is 0 Å². The minimum absolute atomic E-state index is 0.0232. The van der Waals surface area contributed by atoms with E-state index >= 15 is 0 Å². The van der Waals surface area contributed by atoms with E-state index in [1.54, 1.807) is 0 Å². The van der Waals surface area contributed by atoms with E-state index in [1.165, 1.54) is 0 Å². The number of hydrogen-bond donors (Lipinski definition) is 1. The molecule has 1 N–H and O–H groups in total. The van der Waals surface area contributed by atoms with Gasteiger partial charge in [-0.05, 0) is 36.8 Å². The molecule has 1 fully saturated rings. The van der Waals surface area contributed by atoms with Crippen LogP contribution in [-0.2, 0) is 6.61 Å². The molecule has 2 aromatic carbocycles. The molecular formula is C19H21ClN2O2. The summed E-state index contributed by atoms with van der Waals surface area (Å²) in [5.74, 6) is 0.638. The zero-order valence-corrected chi connectivity index (χ0v) is 14.4. The fourth-order valence-electron chi connectivity index (χ4n) is 2.80. The van der Waals surface area contributed by atoms with Crippen LogP contribution in [0, 0.1) is 0 Å². The lowest BCUT2D eigenvalue weighted by atomic mass is 10.1. The first-order valence-corrected chi connectivity index (χ1v) is 8.50. The van der Waals surface area contributed by atoms with E-state index in [2.05, 4.69) is 12.2 Å². The molecule has 1 unspecified atom stereocenters. The van der Waals surface area contributed by atoms with Gasteiger partial charge in [-0.1, -0.05) is 35.9 Å². The average Bonchev–Trinajstić information content (AvgIpc) is 2.61. The van der Waals surface area contributed by atoms with E-state index in [0.717, 1.165) is 12.1 Å². The van der Waals surface area contributed by atoms with Gasteiger partial charge >= 0.3 is 0 Å². The second-order valence-corrected chi connectivity index (χ2v) is 6.45. The third kappa shape index (κ3) is 4.08. The van der Waals surface area contributed by atoms with Gasteiger partial charge in [0.15, 0.2) is 0 Å². The summed E-state index contributed by atoms with van der Waals surface area (Å²) >= 11 is 5.90. The Balaban J connectivity index is 1.72. The molecule has 0 bridgehead atoms. The second kappa shape index (κ2) is 7.69. The highest BCUT2D eigenvalue weighted by atomic mass is 35.5. The maximum atomic E-state index is 12.8. The molecule has 0 spiro atoms. The lowest BCUT2D eigenvalue weighted by molar-refractivity contribution is 0.0704. The Morgan fingerprint density at radius 1 is 1.25 bits per heavy atom. The molecule has 0 radical (unpaired) electrons. The van der Waals surface area contributed by atoms with Crippen LogP contribution < -0.4 is 10.1 Å². The minimum Gasteiger partial charge on any atom is -0.488 e. The molecule has 24 heavy (non-hydrogen) atoms. The number of benzene rings is 2. The second-order valence-electron chi connectivity index (χ2n) is 6.02. The van der Waals surface area contributed by atoms with Crippen LogP contribution in [0.15, 0.2) is 48.5 Å². The van der Waals surface area contributed by atoms with Crippen molar-refractivity contribution in [3.8, 4) is 5.75 Å². The van der Waals surface area contributed by atoms with Crippen LogP contribution in [0.2, 0.25) is 5.02 Å². The molecule has 1 heterocycles. The van der Waals surface area contributed by atoms with Crippen molar-refractivity contribution in [2.75, 3.05) is 19.6 Å². The number of nitrogens with zero attached hydrogens (tertiary/aromatic N) is 1. The van der Waals surface area contributed by atoms with Crippen molar-refractivity contribution in [3.63, 3.8) is 0 Å². The topological polar surface area (TPSA) is 41.6 Å². The van der Waals surface area contributed by atoms with Gasteiger partial charge in [0.25, 0.3) is 5.91 Å². The summed E-state index contributed by atoms with van der Waals surface area (Å²) in [6, 6.07) is 15.2. The largest absolute Gasteiger partial charge is 0.488 e. The molecule has 1 aliphatic rings. The van der Waals surface area contributed by atoms with Crippen molar-refractivity contribution in [2.45, 2.75) is 19.6 Å². The maximum Gasteiger partial charge on any atom is 0.257 e. The van der Waals surface area contributed by atoms with Crippen LogP contribution >= 0.6 is 11.6 Å². The van der Waals surface area contributed by atoms with E-state index in [9.17, 15) is 4.79 Å². The first-order valence-electron chi connectivity index (χ1n) is 8.12. The molecule has 1 amide bonds. The lowest BCUT2D eigenvalue weighted by Gasteiger charge is -2.32. The van der Waals surface area contributed by atoms with E-state index in [-0.39, 0.29) is 5.91 Å². The number of hydrogen-bond acceptors (Lipinski definition) is 3. The molecule has 5 heteroatoms. The zero-order valence-electron chi connectivity index (χ0n) is 13.7. The van der Waals surface area contributed by atoms with Crippen LogP contribution in [0.1, 0.15) is 22.8 Å². The third-order valence-corrected chi connectivity index (χ3v) is 4.33. The number of para-hydroxylation sites is 1. The molecule has 1 aliphatic heterocycles. The number of carbonyl (C=O) groups is 1. The number of ether oxygens (including phenoxy) is 1. The summed E-state index contributed by atoms with van der Waals surface area (Å²) in [6.45, 7) is 4.74. The Bertz CT molecular complexity index is 703. The van der Waals surface area contributed by atoms with Crippen molar-refractivity contribution in [1.29, 1.82) is 0 Å². The normalized spacial score (nSPS) is 17.6.